The van der Waals surface area contributed by atoms with Crippen molar-refractivity contribution in [1.29, 1.82) is 0 Å². The van der Waals surface area contributed by atoms with E-state index in [4.69, 9.17) is 0 Å². The SMILES string of the molecule is O=C(O)N1CCCC1Cn1cnc2cc(C#Cc3cccc(F)c3)ccc2c1=O. The highest BCUT2D eigenvalue weighted by molar-refractivity contribution is 5.79. The lowest BCUT2D eigenvalue weighted by atomic mass is 10.1. The lowest BCUT2D eigenvalue weighted by Crippen LogP contribution is -2.39. The molecule has 4 rings (SSSR count). The fourth-order valence-electron chi connectivity index (χ4n) is 3.58. The highest BCUT2D eigenvalue weighted by Gasteiger charge is 2.29. The number of benzene rings is 2. The largest absolute Gasteiger partial charge is 0.465 e. The smallest absolute Gasteiger partial charge is 0.407 e. The van der Waals surface area contributed by atoms with Gasteiger partial charge in [-0.15, -0.1) is 0 Å². The predicted octanol–water partition coefficient (Wildman–Crippen LogP) is 3.08. The second kappa shape index (κ2) is 7.76. The van der Waals surface area contributed by atoms with Crippen LogP contribution in [0, 0.1) is 17.7 Å². The quantitative estimate of drug-likeness (QED) is 0.682. The minimum atomic E-state index is -0.962. The van der Waals surface area contributed by atoms with Crippen LogP contribution in [-0.2, 0) is 6.54 Å². The lowest BCUT2D eigenvalue weighted by Gasteiger charge is -2.22. The highest BCUT2D eigenvalue weighted by Crippen LogP contribution is 2.19. The summed E-state index contributed by atoms with van der Waals surface area (Å²) < 4.78 is 14.7. The van der Waals surface area contributed by atoms with Crippen LogP contribution in [0.3, 0.4) is 0 Å². The number of hydrogen-bond donors (Lipinski definition) is 1. The Morgan fingerprint density at radius 2 is 2.00 bits per heavy atom. The molecule has 1 unspecified atom stereocenters. The number of likely N-dealkylation sites (tertiary alicyclic amines) is 1. The van der Waals surface area contributed by atoms with E-state index in [0.717, 1.165) is 12.8 Å². The number of hydrogen-bond acceptors (Lipinski definition) is 3. The summed E-state index contributed by atoms with van der Waals surface area (Å²) in [5.74, 6) is 5.50. The van der Waals surface area contributed by atoms with Crippen LogP contribution < -0.4 is 5.56 Å². The molecule has 1 saturated heterocycles. The minimum Gasteiger partial charge on any atom is -0.465 e. The van der Waals surface area contributed by atoms with Crippen LogP contribution in [0.25, 0.3) is 10.9 Å². The first-order valence-corrected chi connectivity index (χ1v) is 9.27. The third kappa shape index (κ3) is 3.97. The number of carbonyl (C=O) groups is 1. The van der Waals surface area contributed by atoms with Gasteiger partial charge in [0.25, 0.3) is 5.56 Å². The van der Waals surface area contributed by atoms with Crippen LogP contribution in [0.4, 0.5) is 9.18 Å². The summed E-state index contributed by atoms with van der Waals surface area (Å²) in [6.45, 7) is 0.776. The van der Waals surface area contributed by atoms with E-state index in [1.54, 1.807) is 30.3 Å². The van der Waals surface area contributed by atoms with E-state index in [1.807, 2.05) is 0 Å². The highest BCUT2D eigenvalue weighted by atomic mass is 19.1. The molecule has 1 amide bonds. The maximum absolute atomic E-state index is 13.2. The van der Waals surface area contributed by atoms with Crippen molar-refractivity contribution in [1.82, 2.24) is 14.5 Å². The maximum Gasteiger partial charge on any atom is 0.407 e. The molecule has 1 aliphatic rings. The lowest BCUT2D eigenvalue weighted by molar-refractivity contribution is 0.136. The van der Waals surface area contributed by atoms with Crippen LogP contribution in [0.15, 0.2) is 53.6 Å². The molecule has 1 aromatic heterocycles. The number of aromatic nitrogens is 2. The van der Waals surface area contributed by atoms with Gasteiger partial charge in [-0.2, -0.15) is 0 Å². The van der Waals surface area contributed by atoms with E-state index in [9.17, 15) is 19.1 Å². The Bertz CT molecular complexity index is 1210. The second-order valence-electron chi connectivity index (χ2n) is 6.97. The van der Waals surface area contributed by atoms with Gasteiger partial charge in [0.2, 0.25) is 0 Å². The Hall–Kier alpha value is -3.66. The van der Waals surface area contributed by atoms with Gasteiger partial charge in [-0.3, -0.25) is 9.36 Å². The molecule has 7 heteroatoms. The van der Waals surface area contributed by atoms with Gasteiger partial charge in [0.05, 0.1) is 23.3 Å². The van der Waals surface area contributed by atoms with Crippen molar-refractivity contribution in [3.05, 3.63) is 76.1 Å². The average molecular weight is 391 g/mol. The summed E-state index contributed by atoms with van der Waals surface area (Å²) in [6.07, 6.45) is 2.01. The van der Waals surface area contributed by atoms with E-state index in [-0.39, 0.29) is 24.0 Å². The minimum absolute atomic E-state index is 0.211. The number of amides is 1. The number of nitrogens with zero attached hydrogens (tertiary/aromatic N) is 3. The average Bonchev–Trinajstić information content (AvgIpc) is 3.17. The van der Waals surface area contributed by atoms with Crippen molar-refractivity contribution in [2.24, 2.45) is 0 Å². The van der Waals surface area contributed by atoms with Crippen molar-refractivity contribution >= 4 is 17.0 Å². The molecule has 0 bridgehead atoms. The van der Waals surface area contributed by atoms with Crippen molar-refractivity contribution in [2.75, 3.05) is 6.54 Å². The van der Waals surface area contributed by atoms with Crippen LogP contribution in [0.1, 0.15) is 24.0 Å². The van der Waals surface area contributed by atoms with Gasteiger partial charge in [-0.25, -0.2) is 14.2 Å². The van der Waals surface area contributed by atoms with E-state index >= 15 is 0 Å². The molecule has 1 atom stereocenters. The Kier molecular flexibility index (Phi) is 5.00. The molecule has 29 heavy (non-hydrogen) atoms. The van der Waals surface area contributed by atoms with E-state index in [1.165, 1.54) is 27.9 Å². The summed E-state index contributed by atoms with van der Waals surface area (Å²) in [4.78, 5) is 29.8. The maximum atomic E-state index is 13.2. The Morgan fingerprint density at radius 3 is 2.76 bits per heavy atom. The van der Waals surface area contributed by atoms with E-state index < -0.39 is 6.09 Å². The zero-order valence-electron chi connectivity index (χ0n) is 15.5. The third-order valence-corrected chi connectivity index (χ3v) is 5.03. The van der Waals surface area contributed by atoms with Crippen molar-refractivity contribution in [3.8, 4) is 11.8 Å². The van der Waals surface area contributed by atoms with Gasteiger partial charge < -0.3 is 10.0 Å². The molecule has 6 nitrogen and oxygen atoms in total. The molecular formula is C22H18FN3O3. The molecular weight excluding hydrogens is 373 g/mol. The molecule has 146 valence electrons. The van der Waals surface area contributed by atoms with Crippen LogP contribution >= 0.6 is 0 Å². The molecule has 2 heterocycles. The summed E-state index contributed by atoms with van der Waals surface area (Å²) in [5.41, 5.74) is 1.53. The van der Waals surface area contributed by atoms with Crippen LogP contribution in [0.2, 0.25) is 0 Å². The van der Waals surface area contributed by atoms with Gasteiger partial charge in [0.1, 0.15) is 5.82 Å². The fraction of sp³-hybridized carbons (Fsp3) is 0.227. The molecule has 0 aliphatic carbocycles. The monoisotopic (exact) mass is 391 g/mol. The van der Waals surface area contributed by atoms with Gasteiger partial charge in [0.15, 0.2) is 0 Å². The number of fused-ring (bicyclic) bond motifs is 1. The summed E-state index contributed by atoms with van der Waals surface area (Å²) >= 11 is 0. The molecule has 0 radical (unpaired) electrons. The molecule has 3 aromatic rings. The molecule has 1 aliphatic heterocycles. The van der Waals surface area contributed by atoms with Crippen molar-refractivity contribution < 1.29 is 14.3 Å². The topological polar surface area (TPSA) is 75.4 Å². The van der Waals surface area contributed by atoms with Crippen LogP contribution in [-0.4, -0.2) is 38.2 Å². The third-order valence-electron chi connectivity index (χ3n) is 5.03. The zero-order chi connectivity index (χ0) is 20.4. The number of rotatable bonds is 2. The normalized spacial score (nSPS) is 15.9. The van der Waals surface area contributed by atoms with Gasteiger partial charge in [-0.1, -0.05) is 17.9 Å². The zero-order valence-corrected chi connectivity index (χ0v) is 15.5. The Morgan fingerprint density at radius 1 is 1.21 bits per heavy atom. The summed E-state index contributed by atoms with van der Waals surface area (Å²) in [7, 11) is 0. The summed E-state index contributed by atoms with van der Waals surface area (Å²) in [6, 6.07) is 10.9. The first-order chi connectivity index (χ1) is 14.0. The predicted molar refractivity (Wildman–Crippen MR) is 106 cm³/mol. The number of carboxylic acid groups (broad SMARTS) is 1. The standard InChI is InChI=1S/C22H18FN3O3/c23-17-4-1-3-15(11-17)6-7-16-8-9-19-20(12-16)24-14-25(21(19)27)13-18-5-2-10-26(18)22(28)29/h1,3-4,8-9,11-12,14,18H,2,5,10,13H2,(H,28,29). The first kappa shape index (κ1) is 18.7. The van der Waals surface area contributed by atoms with Crippen LogP contribution in [0.5, 0.6) is 0 Å². The Labute approximate surface area is 166 Å². The fourth-order valence-corrected chi connectivity index (χ4v) is 3.58. The van der Waals surface area contributed by atoms with Crippen molar-refractivity contribution in [2.45, 2.75) is 25.4 Å². The van der Waals surface area contributed by atoms with E-state index in [0.29, 0.717) is 28.6 Å². The van der Waals surface area contributed by atoms with Gasteiger partial charge >= 0.3 is 6.09 Å². The molecule has 1 fully saturated rings. The molecule has 0 saturated carbocycles. The molecule has 1 N–H and O–H groups in total. The molecule has 0 spiro atoms. The summed E-state index contributed by atoms with van der Waals surface area (Å²) in [5, 5.41) is 9.72. The Balaban J connectivity index is 1.61. The van der Waals surface area contributed by atoms with Crippen molar-refractivity contribution in [3.63, 3.8) is 0 Å². The second-order valence-corrected chi connectivity index (χ2v) is 6.97. The van der Waals surface area contributed by atoms with E-state index in [2.05, 4.69) is 16.8 Å². The first-order valence-electron chi connectivity index (χ1n) is 9.27. The van der Waals surface area contributed by atoms with Gasteiger partial charge in [-0.05, 0) is 49.2 Å². The number of halogens is 1. The molecule has 2 aromatic carbocycles. The van der Waals surface area contributed by atoms with Gasteiger partial charge in [0, 0.05) is 24.2 Å².